The van der Waals surface area contributed by atoms with Crippen LogP contribution in [-0.2, 0) is 0 Å². The molecular weight excluding hydrogens is 222 g/mol. The molecule has 3 heteroatoms. The summed E-state index contributed by atoms with van der Waals surface area (Å²) in [6.07, 6.45) is 8.60. The van der Waals surface area contributed by atoms with Gasteiger partial charge in [-0.15, -0.1) is 0 Å². The number of likely N-dealkylation sites (tertiary alicyclic amines) is 2. The lowest BCUT2D eigenvalue weighted by Gasteiger charge is -2.52. The molecule has 2 aliphatic heterocycles. The fourth-order valence-electron chi connectivity index (χ4n) is 4.42. The van der Waals surface area contributed by atoms with E-state index in [4.69, 9.17) is 0 Å². The molecule has 3 fully saturated rings. The quantitative estimate of drug-likeness (QED) is 0.789. The molecule has 1 aliphatic carbocycles. The lowest BCUT2D eigenvalue weighted by molar-refractivity contribution is -0.426. The van der Waals surface area contributed by atoms with Gasteiger partial charge < -0.3 is 15.5 Å². The Kier molecular flexibility index (Phi) is 3.65. The predicted octanol–water partition coefficient (Wildman–Crippen LogP) is 0.815. The first kappa shape index (κ1) is 12.9. The third-order valence-electron chi connectivity index (χ3n) is 5.60. The summed E-state index contributed by atoms with van der Waals surface area (Å²) in [5.41, 5.74) is 4.93. The second-order valence-electron chi connectivity index (χ2n) is 7.36. The number of rotatable bonds is 2. The van der Waals surface area contributed by atoms with Crippen LogP contribution in [-0.4, -0.2) is 55.6 Å². The molecule has 3 N–H and O–H groups in total. The maximum atomic E-state index is 4.19. The van der Waals surface area contributed by atoms with Gasteiger partial charge in [-0.2, -0.15) is 0 Å². The van der Waals surface area contributed by atoms with Crippen LogP contribution in [0.15, 0.2) is 0 Å². The number of hydrogen-bond acceptors (Lipinski definition) is 2. The number of hydrogen-bond donors (Lipinski definition) is 1. The second-order valence-corrected chi connectivity index (χ2v) is 7.36. The Balaban J connectivity index is 1.40. The molecule has 2 saturated heterocycles. The van der Waals surface area contributed by atoms with Crippen LogP contribution < -0.4 is 5.73 Å². The molecule has 1 saturated carbocycles. The minimum absolute atomic E-state index is 0.724. The van der Waals surface area contributed by atoms with Crippen LogP contribution in [0.5, 0.6) is 0 Å². The van der Waals surface area contributed by atoms with Gasteiger partial charge in [-0.25, -0.2) is 0 Å². The van der Waals surface area contributed by atoms with Gasteiger partial charge in [0.1, 0.15) is 0 Å². The summed E-state index contributed by atoms with van der Waals surface area (Å²) in [4.78, 5) is 5.19. The lowest BCUT2D eigenvalue weighted by Crippen LogP contribution is -2.64. The lowest BCUT2D eigenvalue weighted by atomic mass is 9.66. The molecule has 1 spiro atoms. The maximum absolute atomic E-state index is 4.19. The molecule has 0 aromatic heterocycles. The van der Waals surface area contributed by atoms with Gasteiger partial charge in [0.2, 0.25) is 0 Å². The van der Waals surface area contributed by atoms with Crippen LogP contribution in [0.3, 0.4) is 0 Å². The van der Waals surface area contributed by atoms with Gasteiger partial charge in [0.05, 0.1) is 6.04 Å². The molecule has 0 atom stereocenters. The summed E-state index contributed by atoms with van der Waals surface area (Å²) in [6, 6.07) is 0.724. The molecule has 0 unspecified atom stereocenters. The largest absolute Gasteiger partial charge is 0.355 e. The molecule has 18 heavy (non-hydrogen) atoms. The normalized spacial score (nSPS) is 31.7. The Morgan fingerprint density at radius 3 is 2.22 bits per heavy atom. The fraction of sp³-hybridized carbons (Fsp3) is 1.00. The van der Waals surface area contributed by atoms with E-state index >= 15 is 0 Å². The Hall–Kier alpha value is -0.120. The summed E-state index contributed by atoms with van der Waals surface area (Å²) in [5.74, 6) is 0.989. The Labute approximate surface area is 112 Å². The predicted molar refractivity (Wildman–Crippen MR) is 74.2 cm³/mol. The van der Waals surface area contributed by atoms with Crippen molar-refractivity contribution in [1.29, 1.82) is 0 Å². The Morgan fingerprint density at radius 1 is 1.06 bits per heavy atom. The van der Waals surface area contributed by atoms with Crippen molar-refractivity contribution >= 4 is 0 Å². The van der Waals surface area contributed by atoms with E-state index in [9.17, 15) is 0 Å². The molecule has 104 valence electrons. The van der Waals surface area contributed by atoms with Crippen LogP contribution in [0.2, 0.25) is 0 Å². The molecule has 3 aliphatic rings. The fourth-order valence-corrected chi connectivity index (χ4v) is 4.42. The third-order valence-corrected chi connectivity index (χ3v) is 5.60. The highest BCUT2D eigenvalue weighted by Gasteiger charge is 2.43. The van der Waals surface area contributed by atoms with Crippen LogP contribution in [0.4, 0.5) is 0 Å². The van der Waals surface area contributed by atoms with Gasteiger partial charge in [0.25, 0.3) is 0 Å². The topological polar surface area (TPSA) is 34.1 Å². The molecule has 3 rings (SSSR count). The van der Waals surface area contributed by atoms with E-state index in [1.807, 2.05) is 0 Å². The van der Waals surface area contributed by atoms with Crippen molar-refractivity contribution in [3.05, 3.63) is 0 Å². The Morgan fingerprint density at radius 2 is 1.67 bits per heavy atom. The molecule has 0 radical (unpaired) electrons. The molecule has 0 bridgehead atoms. The summed E-state index contributed by atoms with van der Waals surface area (Å²) in [7, 11) is 2.26. The third kappa shape index (κ3) is 2.73. The van der Waals surface area contributed by atoms with Crippen LogP contribution >= 0.6 is 0 Å². The minimum atomic E-state index is 0.724. The van der Waals surface area contributed by atoms with Gasteiger partial charge >= 0.3 is 0 Å². The van der Waals surface area contributed by atoms with Crippen molar-refractivity contribution in [1.82, 2.24) is 9.80 Å². The van der Waals surface area contributed by atoms with Crippen molar-refractivity contribution in [2.45, 2.75) is 44.6 Å². The number of quaternary nitrogens is 1. The molecule has 0 aromatic carbocycles. The zero-order valence-electron chi connectivity index (χ0n) is 12.0. The summed E-state index contributed by atoms with van der Waals surface area (Å²) >= 11 is 0. The maximum Gasteiger partial charge on any atom is 0.0868 e. The van der Waals surface area contributed by atoms with Gasteiger partial charge in [-0.3, -0.25) is 0 Å². The molecule has 3 nitrogen and oxygen atoms in total. The van der Waals surface area contributed by atoms with Crippen molar-refractivity contribution in [2.24, 2.45) is 11.3 Å². The van der Waals surface area contributed by atoms with E-state index in [0.717, 1.165) is 17.4 Å². The summed E-state index contributed by atoms with van der Waals surface area (Å²) in [5, 5.41) is 0. The summed E-state index contributed by atoms with van der Waals surface area (Å²) in [6.45, 7) is 6.72. The van der Waals surface area contributed by atoms with Crippen LogP contribution in [0.1, 0.15) is 38.5 Å². The molecule has 2 heterocycles. The van der Waals surface area contributed by atoms with E-state index in [0.29, 0.717) is 0 Å². The van der Waals surface area contributed by atoms with Crippen molar-refractivity contribution < 1.29 is 5.73 Å². The Bertz CT molecular complexity index is 267. The van der Waals surface area contributed by atoms with Crippen molar-refractivity contribution in [3.63, 3.8) is 0 Å². The summed E-state index contributed by atoms with van der Waals surface area (Å²) < 4.78 is 0. The van der Waals surface area contributed by atoms with E-state index in [2.05, 4.69) is 22.6 Å². The molecule has 0 aromatic rings. The number of piperidine rings is 1. The van der Waals surface area contributed by atoms with Crippen LogP contribution in [0, 0.1) is 11.3 Å². The van der Waals surface area contributed by atoms with Crippen molar-refractivity contribution in [2.75, 3.05) is 39.8 Å². The van der Waals surface area contributed by atoms with E-state index in [1.54, 1.807) is 0 Å². The average Bonchev–Trinajstić information content (AvgIpc) is 2.33. The standard InChI is InChI=1S/C15H29N3/c1-17-11-15(12-17)6-2-13(3-7-15)10-18-8-4-14(16)5-9-18/h13-14H,2-12,16H2,1H3/p+1. The smallest absolute Gasteiger partial charge is 0.0868 e. The van der Waals surface area contributed by atoms with Crippen LogP contribution in [0.25, 0.3) is 0 Å². The highest BCUT2D eigenvalue weighted by Crippen LogP contribution is 2.45. The van der Waals surface area contributed by atoms with Gasteiger partial charge in [-0.1, -0.05) is 0 Å². The SMILES string of the molecule is CN1CC2(CCC(CN3CCC([NH3+])CC3)CC2)C1. The first-order chi connectivity index (χ1) is 8.65. The first-order valence-electron chi connectivity index (χ1n) is 7.89. The highest BCUT2D eigenvalue weighted by molar-refractivity contribution is 4.96. The monoisotopic (exact) mass is 252 g/mol. The van der Waals surface area contributed by atoms with Gasteiger partial charge in [0, 0.05) is 45.6 Å². The zero-order chi connectivity index (χ0) is 12.6. The van der Waals surface area contributed by atoms with Gasteiger partial charge in [-0.05, 0) is 44.1 Å². The molecule has 0 amide bonds. The average molecular weight is 252 g/mol. The van der Waals surface area contributed by atoms with Crippen molar-refractivity contribution in [3.8, 4) is 0 Å². The zero-order valence-corrected chi connectivity index (χ0v) is 12.0. The minimum Gasteiger partial charge on any atom is -0.355 e. The van der Waals surface area contributed by atoms with E-state index < -0.39 is 0 Å². The van der Waals surface area contributed by atoms with E-state index in [1.165, 1.54) is 71.2 Å². The molecular formula is C15H30N3+. The highest BCUT2D eigenvalue weighted by atomic mass is 15.2. The number of nitrogens with zero attached hydrogens (tertiary/aromatic N) is 2. The van der Waals surface area contributed by atoms with E-state index in [-0.39, 0.29) is 0 Å². The second kappa shape index (κ2) is 5.10. The van der Waals surface area contributed by atoms with Gasteiger partial charge in [0.15, 0.2) is 0 Å². The first-order valence-corrected chi connectivity index (χ1v) is 7.89.